The van der Waals surface area contributed by atoms with Crippen molar-refractivity contribution in [2.45, 2.75) is 101 Å². The minimum absolute atomic E-state index is 0.000153. The van der Waals surface area contributed by atoms with Crippen molar-refractivity contribution in [3.8, 4) is 11.6 Å². The van der Waals surface area contributed by atoms with E-state index >= 15 is 4.39 Å². The van der Waals surface area contributed by atoms with Crippen LogP contribution >= 0.6 is 0 Å². The highest BCUT2D eigenvalue weighted by Crippen LogP contribution is 2.54. The highest BCUT2D eigenvalue weighted by atomic mass is 32.2. The number of fused-ring (bicyclic) bond motifs is 3. The number of benzene rings is 4. The van der Waals surface area contributed by atoms with Gasteiger partial charge in [0.2, 0.25) is 5.88 Å². The van der Waals surface area contributed by atoms with Crippen molar-refractivity contribution in [1.82, 2.24) is 24.5 Å². The third kappa shape index (κ3) is 11.1. The van der Waals surface area contributed by atoms with E-state index < -0.39 is 61.0 Å². The summed E-state index contributed by atoms with van der Waals surface area (Å²) < 4.78 is 98.5. The molecule has 428 valence electrons. The third-order valence-electron chi connectivity index (χ3n) is 17.3. The molecule has 3 N–H and O–H groups in total. The summed E-state index contributed by atoms with van der Waals surface area (Å²) in [6.07, 6.45) is 6.46. The van der Waals surface area contributed by atoms with Crippen LogP contribution in [0, 0.1) is 38.9 Å². The van der Waals surface area contributed by atoms with Crippen molar-refractivity contribution in [3.05, 3.63) is 135 Å². The van der Waals surface area contributed by atoms with Gasteiger partial charge in [-0.1, -0.05) is 24.3 Å². The van der Waals surface area contributed by atoms with Crippen LogP contribution in [0.15, 0.2) is 96.0 Å². The molecule has 1 amide bonds. The lowest BCUT2D eigenvalue weighted by atomic mass is 9.59. The molecule has 5 fully saturated rings. The Hall–Kier alpha value is -6.98. The van der Waals surface area contributed by atoms with Crippen molar-refractivity contribution < 1.29 is 50.3 Å². The molecular formula is C59H66F3N9O9S. The summed E-state index contributed by atoms with van der Waals surface area (Å²) in [5, 5.41) is 15.7. The number of aromatic amines is 1. The molecule has 1 spiro atoms. The molecule has 1 aliphatic carbocycles. The van der Waals surface area contributed by atoms with E-state index in [1.54, 1.807) is 18.2 Å². The summed E-state index contributed by atoms with van der Waals surface area (Å²) in [5.74, 6) is -1.98. The van der Waals surface area contributed by atoms with Gasteiger partial charge < -0.3 is 39.0 Å². The van der Waals surface area contributed by atoms with Gasteiger partial charge in [-0.05, 0) is 130 Å². The van der Waals surface area contributed by atoms with Gasteiger partial charge in [0.15, 0.2) is 11.6 Å². The molecule has 7 heterocycles. The number of para-hydroxylation sites is 1. The van der Waals surface area contributed by atoms with E-state index in [2.05, 4.69) is 40.8 Å². The number of rotatable bonds is 15. The number of carbonyl (C=O) groups excluding carboxylic acids is 1. The number of sulfonamides is 1. The number of pyridine rings is 1. The summed E-state index contributed by atoms with van der Waals surface area (Å²) in [4.78, 5) is 42.7. The van der Waals surface area contributed by atoms with Crippen molar-refractivity contribution in [3.63, 3.8) is 0 Å². The summed E-state index contributed by atoms with van der Waals surface area (Å²) in [7, 11) is -4.70. The maximum atomic E-state index is 15.4. The number of nitrogens with zero attached hydrogens (tertiary/aromatic N) is 6. The van der Waals surface area contributed by atoms with Crippen molar-refractivity contribution in [2.24, 2.45) is 11.3 Å². The van der Waals surface area contributed by atoms with Crippen molar-refractivity contribution in [1.29, 1.82) is 0 Å². The van der Waals surface area contributed by atoms with Gasteiger partial charge in [0.1, 0.15) is 34.7 Å². The van der Waals surface area contributed by atoms with Crippen LogP contribution in [0.3, 0.4) is 0 Å². The van der Waals surface area contributed by atoms with E-state index in [0.29, 0.717) is 76.4 Å². The number of halogens is 3. The van der Waals surface area contributed by atoms with Crippen LogP contribution in [0.1, 0.15) is 86.3 Å². The molecule has 12 rings (SSSR count). The van der Waals surface area contributed by atoms with Gasteiger partial charge in [-0.3, -0.25) is 24.7 Å². The van der Waals surface area contributed by atoms with E-state index in [0.717, 1.165) is 80.2 Å². The number of H-pyrrole nitrogens is 1. The first-order valence-corrected chi connectivity index (χ1v) is 29.5. The number of hydrogen-bond donors (Lipinski definition) is 3. The van der Waals surface area contributed by atoms with Crippen molar-refractivity contribution >= 4 is 55.4 Å². The maximum absolute atomic E-state index is 15.4. The van der Waals surface area contributed by atoms with E-state index in [1.165, 1.54) is 30.5 Å². The Bertz CT molecular complexity index is 3460. The van der Waals surface area contributed by atoms with Gasteiger partial charge in [-0.2, -0.15) is 4.98 Å². The van der Waals surface area contributed by atoms with E-state index in [4.69, 9.17) is 18.9 Å². The highest BCUT2D eigenvalue weighted by Gasteiger charge is 2.50. The molecule has 18 nitrogen and oxygen atoms in total. The fourth-order valence-corrected chi connectivity index (χ4v) is 14.0. The molecule has 4 saturated heterocycles. The second-order valence-corrected chi connectivity index (χ2v) is 24.5. The Morgan fingerprint density at radius 1 is 0.901 bits per heavy atom. The Morgan fingerprint density at radius 2 is 1.69 bits per heavy atom. The minimum atomic E-state index is -4.70. The molecule has 0 radical (unpaired) electrons. The van der Waals surface area contributed by atoms with Gasteiger partial charge in [0.25, 0.3) is 21.6 Å². The standard InChI is InChI=1S/C59H66F3N9O9S/c1-36(2)79-54-6-4-3-5-42(54)53-34-67(33-38-7-11-45(60)46(61)25-38)20-21-69(53)40-29-59(30-40)16-18-68(19-17-59)39-8-10-43(50(26-39)70-49-15-24-78-35-55(49)80-58-52(70)28-44-47(62)32-64-56(44)65-58)57(72)66-81(75,76)41-9-12-48(51(27-41)71(73)74)63-31-37-13-22-77-23-14-37/h3-12,25-28,32,36-37,40,49,53,55,63H,13-24,29-31,33-35H2,1-2H3,(H,64,65)(H,66,72)/t49-,53+,55-/m0/s1. The quantitative estimate of drug-likeness (QED) is 0.0649. The number of amides is 1. The summed E-state index contributed by atoms with van der Waals surface area (Å²) in [5.41, 5.74) is 3.40. The smallest absolute Gasteiger partial charge is 0.293 e. The number of aromatic nitrogens is 2. The molecule has 3 atom stereocenters. The molecule has 0 unspecified atom stereocenters. The monoisotopic (exact) mass is 1130 g/mol. The first-order valence-electron chi connectivity index (χ1n) is 28.0. The second kappa shape index (κ2) is 22.4. The van der Waals surface area contributed by atoms with Gasteiger partial charge in [-0.25, -0.2) is 26.3 Å². The molecule has 6 aliphatic rings. The van der Waals surface area contributed by atoms with Crippen LogP contribution in [0.2, 0.25) is 0 Å². The zero-order valence-electron chi connectivity index (χ0n) is 45.3. The second-order valence-electron chi connectivity index (χ2n) is 22.8. The third-order valence-corrected chi connectivity index (χ3v) is 18.7. The van der Waals surface area contributed by atoms with Gasteiger partial charge in [0.05, 0.1) is 51.3 Å². The molecule has 2 aromatic heterocycles. The lowest BCUT2D eigenvalue weighted by Crippen LogP contribution is -2.59. The van der Waals surface area contributed by atoms with Gasteiger partial charge in [0, 0.05) is 95.2 Å². The molecule has 5 aliphatic heterocycles. The number of hydrogen-bond acceptors (Lipinski definition) is 15. The number of ether oxygens (including phenoxy) is 4. The molecule has 4 aromatic carbocycles. The number of nitro benzene ring substituents is 1. The fourth-order valence-electron chi connectivity index (χ4n) is 13.1. The number of nitrogens with one attached hydrogen (secondary N) is 3. The van der Waals surface area contributed by atoms with Crippen molar-refractivity contribution in [2.75, 3.05) is 80.8 Å². The zero-order valence-corrected chi connectivity index (χ0v) is 46.1. The average molecular weight is 1130 g/mol. The topological polar surface area (TPSA) is 197 Å². The molecular weight excluding hydrogens is 1070 g/mol. The molecule has 22 heteroatoms. The summed E-state index contributed by atoms with van der Waals surface area (Å²) in [6, 6.07) is 22.6. The number of anilines is 4. The zero-order chi connectivity index (χ0) is 56.2. The average Bonchev–Trinajstić information content (AvgIpc) is 4.00. The number of carbonyl (C=O) groups is 1. The van der Waals surface area contributed by atoms with Gasteiger partial charge >= 0.3 is 0 Å². The maximum Gasteiger partial charge on any atom is 0.293 e. The molecule has 81 heavy (non-hydrogen) atoms. The van der Waals surface area contributed by atoms with Crippen LogP contribution in [0.25, 0.3) is 11.0 Å². The summed E-state index contributed by atoms with van der Waals surface area (Å²) in [6.45, 7) is 10.4. The van der Waals surface area contributed by atoms with Crippen LogP contribution in [0.4, 0.5) is 41.6 Å². The fraction of sp³-hybridized carbons (Fsp3) is 0.458. The van der Waals surface area contributed by atoms with Gasteiger partial charge in [-0.15, -0.1) is 0 Å². The molecule has 6 aromatic rings. The van der Waals surface area contributed by atoms with Crippen LogP contribution in [0.5, 0.6) is 11.6 Å². The largest absolute Gasteiger partial charge is 0.491 e. The van der Waals surface area contributed by atoms with E-state index in [1.807, 2.05) is 49.1 Å². The summed E-state index contributed by atoms with van der Waals surface area (Å²) >= 11 is 0. The number of piperazine rings is 1. The van der Waals surface area contributed by atoms with Crippen LogP contribution < -0.4 is 29.3 Å². The SMILES string of the molecule is CC(C)Oc1ccccc1[C@H]1CN(Cc2ccc(F)c(F)c2)CCN1C1CC2(CCN(c3ccc(C(=O)NS(=O)(=O)c4ccc(NCC5CCOCC5)c([N+](=O)[O-])c4)c(N4c5cc6c(F)c[nH]c6nc5O[C@H]5COCC[C@@H]54)c3)CC2)C1. The van der Waals surface area contributed by atoms with E-state index in [9.17, 15) is 32.1 Å². The Kier molecular flexibility index (Phi) is 15.1. The Labute approximate surface area is 468 Å². The highest BCUT2D eigenvalue weighted by molar-refractivity contribution is 7.90. The normalized spacial score (nSPS) is 21.8. The predicted molar refractivity (Wildman–Crippen MR) is 298 cm³/mol. The van der Waals surface area contributed by atoms with E-state index in [-0.39, 0.29) is 58.2 Å². The number of nitro groups is 1. The Balaban J connectivity index is 0.813. The Morgan fingerprint density at radius 3 is 2.47 bits per heavy atom. The molecule has 0 bridgehead atoms. The number of piperidine rings is 1. The first kappa shape index (κ1) is 54.6. The lowest BCUT2D eigenvalue weighted by molar-refractivity contribution is -0.384. The van der Waals surface area contributed by atoms with Crippen LogP contribution in [-0.4, -0.2) is 129 Å². The first-order chi connectivity index (χ1) is 39.1. The predicted octanol–water partition coefficient (Wildman–Crippen LogP) is 9.63. The lowest BCUT2D eigenvalue weighted by Gasteiger charge is -2.58. The van der Waals surface area contributed by atoms with Crippen LogP contribution in [-0.2, 0) is 26.0 Å². The minimum Gasteiger partial charge on any atom is -0.491 e. The molecule has 1 saturated carbocycles.